The maximum absolute atomic E-state index is 11.0. The Morgan fingerprint density at radius 3 is 2.76 bits per heavy atom. The SMILES string of the molecule is NC(=O)C(=O)N/N=C1/CCCc2ccccc21. The molecule has 0 atom stereocenters. The number of benzene rings is 1. The molecule has 1 aliphatic rings. The smallest absolute Gasteiger partial charge is 0.329 e. The highest BCUT2D eigenvalue weighted by Gasteiger charge is 2.15. The Hall–Kier alpha value is -2.17. The van der Waals surface area contributed by atoms with Crippen molar-refractivity contribution in [3.8, 4) is 0 Å². The monoisotopic (exact) mass is 231 g/mol. The first-order valence-corrected chi connectivity index (χ1v) is 5.43. The first kappa shape index (κ1) is 11.3. The van der Waals surface area contributed by atoms with Gasteiger partial charge in [0.25, 0.3) is 0 Å². The maximum Gasteiger partial charge on any atom is 0.329 e. The maximum atomic E-state index is 11.0. The van der Waals surface area contributed by atoms with Crippen molar-refractivity contribution in [2.45, 2.75) is 19.3 Å². The molecule has 0 unspecified atom stereocenters. The van der Waals surface area contributed by atoms with E-state index in [1.165, 1.54) is 5.56 Å². The van der Waals surface area contributed by atoms with Crippen LogP contribution in [0.15, 0.2) is 29.4 Å². The molecule has 0 saturated carbocycles. The average molecular weight is 231 g/mol. The third kappa shape index (κ3) is 2.50. The summed E-state index contributed by atoms with van der Waals surface area (Å²) in [4.78, 5) is 21.6. The number of fused-ring (bicyclic) bond motifs is 1. The van der Waals surface area contributed by atoms with Crippen LogP contribution in [0.4, 0.5) is 0 Å². The predicted octanol–water partition coefficient (Wildman–Crippen LogP) is 0.329. The number of carbonyl (C=O) groups excluding carboxylic acids is 2. The first-order valence-electron chi connectivity index (χ1n) is 5.43. The number of nitrogens with zero attached hydrogens (tertiary/aromatic N) is 1. The molecule has 0 radical (unpaired) electrons. The van der Waals surface area contributed by atoms with Gasteiger partial charge in [-0.25, -0.2) is 5.43 Å². The van der Waals surface area contributed by atoms with Crippen molar-refractivity contribution in [1.82, 2.24) is 5.43 Å². The second kappa shape index (κ2) is 4.78. The Kier molecular flexibility index (Phi) is 3.18. The lowest BCUT2D eigenvalue weighted by Crippen LogP contribution is -2.34. The Morgan fingerprint density at radius 1 is 1.24 bits per heavy atom. The van der Waals surface area contributed by atoms with Gasteiger partial charge >= 0.3 is 11.8 Å². The average Bonchev–Trinajstić information content (AvgIpc) is 2.35. The molecule has 0 saturated heterocycles. The summed E-state index contributed by atoms with van der Waals surface area (Å²) in [6, 6.07) is 7.91. The van der Waals surface area contributed by atoms with Gasteiger partial charge in [-0.3, -0.25) is 9.59 Å². The standard InChI is InChI=1S/C12H13N3O2/c13-11(16)12(17)15-14-10-7-3-5-8-4-1-2-6-9(8)10/h1-2,4,6H,3,5,7H2,(H2,13,16)(H,15,17)/b14-10-. The van der Waals surface area contributed by atoms with Crippen LogP contribution in [0.25, 0.3) is 0 Å². The van der Waals surface area contributed by atoms with Crippen molar-refractivity contribution in [2.24, 2.45) is 10.8 Å². The molecule has 3 N–H and O–H groups in total. The van der Waals surface area contributed by atoms with Gasteiger partial charge in [-0.1, -0.05) is 24.3 Å². The molecule has 5 nitrogen and oxygen atoms in total. The first-order chi connectivity index (χ1) is 8.18. The Balaban J connectivity index is 2.21. The summed E-state index contributed by atoms with van der Waals surface area (Å²) in [6.07, 6.45) is 2.79. The molecule has 0 heterocycles. The van der Waals surface area contributed by atoms with E-state index in [0.717, 1.165) is 30.5 Å². The van der Waals surface area contributed by atoms with E-state index in [0.29, 0.717) is 0 Å². The summed E-state index contributed by atoms with van der Waals surface area (Å²) in [6.45, 7) is 0. The Morgan fingerprint density at radius 2 is 2.00 bits per heavy atom. The fourth-order valence-corrected chi connectivity index (χ4v) is 1.89. The fraction of sp³-hybridized carbons (Fsp3) is 0.250. The van der Waals surface area contributed by atoms with Gasteiger partial charge in [-0.05, 0) is 24.8 Å². The van der Waals surface area contributed by atoms with Crippen LogP contribution >= 0.6 is 0 Å². The van der Waals surface area contributed by atoms with Gasteiger partial charge in [-0.2, -0.15) is 5.10 Å². The predicted molar refractivity (Wildman–Crippen MR) is 63.3 cm³/mol. The number of nitrogens with one attached hydrogen (secondary N) is 1. The highest BCUT2D eigenvalue weighted by molar-refractivity contribution is 6.34. The summed E-state index contributed by atoms with van der Waals surface area (Å²) in [7, 11) is 0. The highest BCUT2D eigenvalue weighted by atomic mass is 16.2. The molecule has 0 fully saturated rings. The topological polar surface area (TPSA) is 84.5 Å². The van der Waals surface area contributed by atoms with Crippen molar-refractivity contribution in [3.05, 3.63) is 35.4 Å². The molecule has 2 rings (SSSR count). The van der Waals surface area contributed by atoms with Gasteiger partial charge in [0.15, 0.2) is 0 Å². The van der Waals surface area contributed by atoms with Crippen LogP contribution in [0, 0.1) is 0 Å². The molecule has 0 bridgehead atoms. The lowest BCUT2D eigenvalue weighted by Gasteiger charge is -2.17. The van der Waals surface area contributed by atoms with E-state index in [2.05, 4.69) is 10.5 Å². The van der Waals surface area contributed by atoms with Crippen LogP contribution in [-0.4, -0.2) is 17.5 Å². The fourth-order valence-electron chi connectivity index (χ4n) is 1.89. The minimum absolute atomic E-state index is 0.788. The van der Waals surface area contributed by atoms with Crippen molar-refractivity contribution in [3.63, 3.8) is 0 Å². The molecule has 0 aliphatic heterocycles. The largest absolute Gasteiger partial charge is 0.361 e. The normalized spacial score (nSPS) is 16.4. The summed E-state index contributed by atoms with van der Waals surface area (Å²) in [5.41, 5.74) is 10.0. The summed E-state index contributed by atoms with van der Waals surface area (Å²) in [5.74, 6) is -1.92. The minimum atomic E-state index is -1.03. The van der Waals surface area contributed by atoms with Crippen LogP contribution in [0.2, 0.25) is 0 Å². The second-order valence-corrected chi connectivity index (χ2v) is 3.87. The number of hydrogen-bond acceptors (Lipinski definition) is 3. The van der Waals surface area contributed by atoms with Crippen molar-refractivity contribution in [2.75, 3.05) is 0 Å². The zero-order valence-corrected chi connectivity index (χ0v) is 9.27. The van der Waals surface area contributed by atoms with E-state index in [4.69, 9.17) is 5.73 Å². The number of hydrogen-bond donors (Lipinski definition) is 2. The van der Waals surface area contributed by atoms with Crippen molar-refractivity contribution < 1.29 is 9.59 Å². The molecular formula is C12H13N3O2. The number of carbonyl (C=O) groups is 2. The number of primary amides is 1. The van der Waals surface area contributed by atoms with Gasteiger partial charge in [0.1, 0.15) is 0 Å². The van der Waals surface area contributed by atoms with Crippen molar-refractivity contribution >= 4 is 17.5 Å². The molecule has 1 aliphatic carbocycles. The minimum Gasteiger partial charge on any atom is -0.361 e. The van der Waals surface area contributed by atoms with Gasteiger partial charge < -0.3 is 5.73 Å². The molecule has 5 heteroatoms. The van der Waals surface area contributed by atoms with E-state index >= 15 is 0 Å². The molecule has 1 aromatic rings. The number of hydrazone groups is 1. The lowest BCUT2D eigenvalue weighted by molar-refractivity contribution is -0.137. The molecule has 1 aromatic carbocycles. The van der Waals surface area contributed by atoms with Gasteiger partial charge in [-0.15, -0.1) is 0 Å². The third-order valence-corrected chi connectivity index (χ3v) is 2.70. The lowest BCUT2D eigenvalue weighted by atomic mass is 9.90. The number of aryl methyl sites for hydroxylation is 1. The van der Waals surface area contributed by atoms with E-state index < -0.39 is 11.8 Å². The van der Waals surface area contributed by atoms with E-state index in [1.54, 1.807) is 0 Å². The van der Waals surface area contributed by atoms with E-state index in [9.17, 15) is 9.59 Å². The molecule has 0 aromatic heterocycles. The van der Waals surface area contributed by atoms with Crippen LogP contribution in [0.1, 0.15) is 24.0 Å². The number of amides is 2. The zero-order valence-electron chi connectivity index (χ0n) is 9.27. The van der Waals surface area contributed by atoms with E-state index in [-0.39, 0.29) is 0 Å². The third-order valence-electron chi connectivity index (χ3n) is 2.70. The number of rotatable bonds is 1. The van der Waals surface area contributed by atoms with Crippen LogP contribution < -0.4 is 11.2 Å². The van der Waals surface area contributed by atoms with Gasteiger partial charge in [0.2, 0.25) is 0 Å². The summed E-state index contributed by atoms with van der Waals surface area (Å²) < 4.78 is 0. The molecule has 2 amide bonds. The zero-order chi connectivity index (χ0) is 12.3. The second-order valence-electron chi connectivity index (χ2n) is 3.87. The molecule has 17 heavy (non-hydrogen) atoms. The highest BCUT2D eigenvalue weighted by Crippen LogP contribution is 2.20. The summed E-state index contributed by atoms with van der Waals surface area (Å²) >= 11 is 0. The molecule has 0 spiro atoms. The molecular weight excluding hydrogens is 218 g/mol. The Labute approximate surface area is 98.7 Å². The quantitative estimate of drug-likeness (QED) is 0.539. The van der Waals surface area contributed by atoms with Gasteiger partial charge in [0, 0.05) is 5.56 Å². The van der Waals surface area contributed by atoms with Crippen molar-refractivity contribution in [1.29, 1.82) is 0 Å². The van der Waals surface area contributed by atoms with Crippen LogP contribution in [-0.2, 0) is 16.0 Å². The summed E-state index contributed by atoms with van der Waals surface area (Å²) in [5, 5.41) is 3.96. The number of nitrogens with two attached hydrogens (primary N) is 1. The van der Waals surface area contributed by atoms with Crippen LogP contribution in [0.3, 0.4) is 0 Å². The van der Waals surface area contributed by atoms with Crippen LogP contribution in [0.5, 0.6) is 0 Å². The molecule has 88 valence electrons. The van der Waals surface area contributed by atoms with E-state index in [1.807, 2.05) is 24.3 Å². The Bertz CT molecular complexity index is 494. The van der Waals surface area contributed by atoms with Gasteiger partial charge in [0.05, 0.1) is 5.71 Å².